The van der Waals surface area contributed by atoms with Gasteiger partial charge in [-0.05, 0) is 18.8 Å². The zero-order valence-corrected chi connectivity index (χ0v) is 17.0. The number of benzene rings is 1. The molecule has 0 aliphatic carbocycles. The summed E-state index contributed by atoms with van der Waals surface area (Å²) in [6, 6.07) is 1.85. The van der Waals surface area contributed by atoms with Crippen LogP contribution in [0.1, 0.15) is 63.2 Å². The molecular weight excluding hydrogens is 380 g/mol. The Labute approximate surface area is 169 Å². The van der Waals surface area contributed by atoms with E-state index in [4.69, 9.17) is 0 Å². The number of nitrogens with zero attached hydrogens (tertiary/aromatic N) is 2. The normalized spacial score (nSPS) is 11.7. The van der Waals surface area contributed by atoms with E-state index in [1.807, 2.05) is 13.8 Å². The van der Waals surface area contributed by atoms with Crippen LogP contribution in [0.3, 0.4) is 0 Å². The number of carbonyl (C=O) groups is 2. The largest absolute Gasteiger partial charge is 0.354 e. The summed E-state index contributed by atoms with van der Waals surface area (Å²) in [4.78, 5) is 45.5. The quantitative estimate of drug-likeness (QED) is 0.308. The van der Waals surface area contributed by atoms with E-state index in [9.17, 15) is 29.8 Å². The summed E-state index contributed by atoms with van der Waals surface area (Å²) in [5, 5.41) is 27.4. The third-order valence-electron chi connectivity index (χ3n) is 4.24. The second-order valence-corrected chi connectivity index (χ2v) is 7.26. The van der Waals surface area contributed by atoms with Crippen LogP contribution in [-0.2, 0) is 4.79 Å². The minimum atomic E-state index is -0.841. The van der Waals surface area contributed by atoms with Crippen molar-refractivity contribution in [3.63, 3.8) is 0 Å². The summed E-state index contributed by atoms with van der Waals surface area (Å²) in [7, 11) is 0. The second kappa shape index (κ2) is 11.7. The third-order valence-corrected chi connectivity index (χ3v) is 4.24. The van der Waals surface area contributed by atoms with E-state index < -0.39 is 33.2 Å². The van der Waals surface area contributed by atoms with Gasteiger partial charge in [0.2, 0.25) is 5.91 Å². The number of amides is 2. The Morgan fingerprint density at radius 1 is 1.00 bits per heavy atom. The molecule has 10 heteroatoms. The number of non-ortho nitro benzene ring substituents is 2. The van der Waals surface area contributed by atoms with Crippen LogP contribution < -0.4 is 10.6 Å². The minimum Gasteiger partial charge on any atom is -0.354 e. The fourth-order valence-electron chi connectivity index (χ4n) is 2.77. The molecule has 0 radical (unpaired) electrons. The zero-order chi connectivity index (χ0) is 22.0. The van der Waals surface area contributed by atoms with Gasteiger partial charge in [0.1, 0.15) is 6.04 Å². The van der Waals surface area contributed by atoms with E-state index in [0.29, 0.717) is 13.0 Å². The van der Waals surface area contributed by atoms with E-state index in [-0.39, 0.29) is 17.4 Å². The molecule has 0 aliphatic rings. The maximum atomic E-state index is 12.6. The fourth-order valence-corrected chi connectivity index (χ4v) is 2.77. The maximum Gasteiger partial charge on any atom is 0.277 e. The first-order valence-electron chi connectivity index (χ1n) is 9.68. The van der Waals surface area contributed by atoms with Crippen LogP contribution in [-0.4, -0.2) is 34.2 Å². The Bertz CT molecular complexity index is 718. The first-order valence-corrected chi connectivity index (χ1v) is 9.68. The molecule has 1 aromatic rings. The summed E-state index contributed by atoms with van der Waals surface area (Å²) in [6.45, 7) is 6.37. The number of unbranched alkanes of at least 4 members (excludes halogenated alkanes) is 3. The maximum absolute atomic E-state index is 12.6. The minimum absolute atomic E-state index is 0.102. The number of nitro benzene ring substituents is 2. The van der Waals surface area contributed by atoms with Gasteiger partial charge in [0.15, 0.2) is 0 Å². The van der Waals surface area contributed by atoms with E-state index in [0.717, 1.165) is 43.9 Å². The van der Waals surface area contributed by atoms with E-state index in [1.165, 1.54) is 0 Å². The highest BCUT2D eigenvalue weighted by molar-refractivity contribution is 5.98. The molecule has 0 spiro atoms. The Kier molecular flexibility index (Phi) is 9.70. The molecule has 0 aliphatic heterocycles. The van der Waals surface area contributed by atoms with E-state index >= 15 is 0 Å². The molecule has 0 saturated carbocycles. The van der Waals surface area contributed by atoms with Gasteiger partial charge in [-0.1, -0.05) is 40.0 Å². The van der Waals surface area contributed by atoms with Crippen LogP contribution in [0.4, 0.5) is 11.4 Å². The van der Waals surface area contributed by atoms with Crippen molar-refractivity contribution < 1.29 is 19.4 Å². The Morgan fingerprint density at radius 2 is 1.59 bits per heavy atom. The molecule has 0 saturated heterocycles. The highest BCUT2D eigenvalue weighted by Gasteiger charge is 2.25. The number of hydrogen-bond donors (Lipinski definition) is 2. The molecule has 0 fully saturated rings. The molecule has 1 aromatic carbocycles. The highest BCUT2D eigenvalue weighted by Crippen LogP contribution is 2.23. The Hall–Kier alpha value is -3.04. The van der Waals surface area contributed by atoms with Gasteiger partial charge < -0.3 is 10.6 Å². The van der Waals surface area contributed by atoms with Gasteiger partial charge in [0.05, 0.1) is 21.5 Å². The van der Waals surface area contributed by atoms with Gasteiger partial charge >= 0.3 is 0 Å². The van der Waals surface area contributed by atoms with Crippen LogP contribution in [0.2, 0.25) is 0 Å². The Balaban J connectivity index is 2.93. The van der Waals surface area contributed by atoms with Crippen LogP contribution >= 0.6 is 0 Å². The van der Waals surface area contributed by atoms with Gasteiger partial charge in [-0.3, -0.25) is 29.8 Å². The van der Waals surface area contributed by atoms with Crippen LogP contribution in [0.5, 0.6) is 0 Å². The summed E-state index contributed by atoms with van der Waals surface area (Å²) in [5.41, 5.74) is -1.37. The lowest BCUT2D eigenvalue weighted by Crippen LogP contribution is -2.47. The monoisotopic (exact) mass is 408 g/mol. The highest BCUT2D eigenvalue weighted by atomic mass is 16.6. The van der Waals surface area contributed by atoms with Crippen molar-refractivity contribution in [2.24, 2.45) is 5.92 Å². The lowest BCUT2D eigenvalue weighted by Gasteiger charge is -2.20. The number of carbonyl (C=O) groups excluding carboxylic acids is 2. The lowest BCUT2D eigenvalue weighted by atomic mass is 10.0. The molecule has 0 unspecified atom stereocenters. The van der Waals surface area contributed by atoms with Gasteiger partial charge in [-0.25, -0.2) is 0 Å². The van der Waals surface area contributed by atoms with Crippen LogP contribution in [0.15, 0.2) is 18.2 Å². The van der Waals surface area contributed by atoms with Crippen molar-refractivity contribution in [1.82, 2.24) is 10.6 Å². The number of nitro groups is 2. The molecule has 29 heavy (non-hydrogen) atoms. The first kappa shape index (κ1) is 24.0. The van der Waals surface area contributed by atoms with Gasteiger partial charge in [-0.15, -0.1) is 0 Å². The summed E-state index contributed by atoms with van der Waals surface area (Å²) in [6.07, 6.45) is 4.35. The number of rotatable bonds is 12. The predicted molar refractivity (Wildman–Crippen MR) is 108 cm³/mol. The van der Waals surface area contributed by atoms with Gasteiger partial charge in [0.25, 0.3) is 17.3 Å². The first-order chi connectivity index (χ1) is 13.6. The smallest absolute Gasteiger partial charge is 0.277 e. The molecule has 160 valence electrons. The molecule has 1 atom stereocenters. The molecule has 0 aromatic heterocycles. The summed E-state index contributed by atoms with van der Waals surface area (Å²) >= 11 is 0. The van der Waals surface area contributed by atoms with Gasteiger partial charge in [0, 0.05) is 18.7 Å². The van der Waals surface area contributed by atoms with E-state index in [1.54, 1.807) is 0 Å². The van der Waals surface area contributed by atoms with Crippen molar-refractivity contribution in [1.29, 1.82) is 0 Å². The third kappa shape index (κ3) is 8.24. The fraction of sp³-hybridized carbons (Fsp3) is 0.579. The zero-order valence-electron chi connectivity index (χ0n) is 17.0. The van der Waals surface area contributed by atoms with Crippen molar-refractivity contribution in [3.8, 4) is 0 Å². The van der Waals surface area contributed by atoms with Crippen molar-refractivity contribution in [2.45, 2.75) is 58.9 Å². The number of hydrogen-bond acceptors (Lipinski definition) is 6. The molecule has 1 rings (SSSR count). The summed E-state index contributed by atoms with van der Waals surface area (Å²) in [5.74, 6) is -1.02. The molecule has 0 bridgehead atoms. The standard InChI is InChI=1S/C19H28N4O6/c1-4-5-6-7-8-20-19(25)17(9-13(2)3)21-18(24)14-10-15(22(26)27)12-16(11-14)23(28)29/h10-13,17H,4-9H2,1-3H3,(H,20,25)(H,21,24)/t17-/m0/s1. The Morgan fingerprint density at radius 3 is 2.07 bits per heavy atom. The van der Waals surface area contributed by atoms with Gasteiger partial charge in [-0.2, -0.15) is 0 Å². The average molecular weight is 408 g/mol. The molecular formula is C19H28N4O6. The van der Waals surface area contributed by atoms with Crippen molar-refractivity contribution in [2.75, 3.05) is 6.54 Å². The lowest BCUT2D eigenvalue weighted by molar-refractivity contribution is -0.394. The predicted octanol–water partition coefficient (Wildman–Crippen LogP) is 3.34. The molecule has 0 heterocycles. The molecule has 10 nitrogen and oxygen atoms in total. The topological polar surface area (TPSA) is 144 Å². The number of nitrogens with one attached hydrogen (secondary N) is 2. The molecule has 2 N–H and O–H groups in total. The summed E-state index contributed by atoms with van der Waals surface area (Å²) < 4.78 is 0. The van der Waals surface area contributed by atoms with Crippen LogP contribution in [0, 0.1) is 26.1 Å². The van der Waals surface area contributed by atoms with Crippen molar-refractivity contribution >= 4 is 23.2 Å². The molecule has 2 amide bonds. The average Bonchev–Trinajstić information content (AvgIpc) is 2.66. The van der Waals surface area contributed by atoms with Crippen LogP contribution in [0.25, 0.3) is 0 Å². The van der Waals surface area contributed by atoms with Crippen molar-refractivity contribution in [3.05, 3.63) is 44.0 Å². The van der Waals surface area contributed by atoms with E-state index in [2.05, 4.69) is 17.6 Å². The second-order valence-electron chi connectivity index (χ2n) is 7.26. The SMILES string of the molecule is CCCCCCNC(=O)[C@H](CC(C)C)NC(=O)c1cc([N+](=O)[O-])cc([N+](=O)[O-])c1.